The Morgan fingerprint density at radius 2 is 1.75 bits per heavy atom. The van der Waals surface area contributed by atoms with E-state index in [0.717, 1.165) is 31.3 Å². The minimum atomic E-state index is -1.17. The van der Waals surface area contributed by atoms with Crippen molar-refractivity contribution in [2.45, 2.75) is 109 Å². The summed E-state index contributed by atoms with van der Waals surface area (Å²) in [5, 5.41) is 45.4. The van der Waals surface area contributed by atoms with Crippen LogP contribution in [0, 0.1) is 40.4 Å². The second-order valence-electron chi connectivity index (χ2n) is 12.9. The monoisotopic (exact) mass is 444 g/mol. The van der Waals surface area contributed by atoms with Crippen molar-refractivity contribution in [2.24, 2.45) is 40.4 Å². The molecule has 3 saturated carbocycles. The zero-order chi connectivity index (χ0) is 23.3. The largest absolute Gasteiger partial charge is 0.393 e. The van der Waals surface area contributed by atoms with Crippen LogP contribution in [0.3, 0.4) is 0 Å². The molecule has 5 aliphatic rings. The van der Waals surface area contributed by atoms with Gasteiger partial charge in [-0.15, -0.1) is 0 Å². The molecule has 0 aliphatic heterocycles. The molecule has 180 valence electrons. The zero-order valence-corrected chi connectivity index (χ0v) is 20.6. The highest BCUT2D eigenvalue weighted by Gasteiger charge is 2.68. The van der Waals surface area contributed by atoms with Gasteiger partial charge in [0, 0.05) is 11.8 Å². The number of aliphatic hydroxyl groups is 4. The van der Waals surface area contributed by atoms with Gasteiger partial charge in [-0.05, 0) is 85.5 Å². The van der Waals surface area contributed by atoms with Crippen LogP contribution in [0.15, 0.2) is 23.3 Å². The Kier molecular flexibility index (Phi) is 5.17. The van der Waals surface area contributed by atoms with Gasteiger partial charge in [-0.25, -0.2) is 0 Å². The number of rotatable bonds is 3. The summed E-state index contributed by atoms with van der Waals surface area (Å²) in [5.74, 6) is 2.12. The Bertz CT molecular complexity index is 846. The van der Waals surface area contributed by atoms with E-state index in [1.165, 1.54) is 5.57 Å². The van der Waals surface area contributed by atoms with Crippen LogP contribution in [0.5, 0.6) is 0 Å². The average molecular weight is 445 g/mol. The molecule has 0 saturated heterocycles. The van der Waals surface area contributed by atoms with Gasteiger partial charge in [-0.1, -0.05) is 52.3 Å². The van der Waals surface area contributed by atoms with E-state index in [4.69, 9.17) is 0 Å². The number of aliphatic hydroxyl groups excluding tert-OH is 2. The highest BCUT2D eigenvalue weighted by molar-refractivity contribution is 5.50. The van der Waals surface area contributed by atoms with Crippen molar-refractivity contribution in [3.63, 3.8) is 0 Å². The number of allylic oxidation sites excluding steroid dienone is 1. The maximum Gasteiger partial charge on any atom is 0.0980 e. The molecule has 32 heavy (non-hydrogen) atoms. The third-order valence-corrected chi connectivity index (χ3v) is 11.6. The Morgan fingerprint density at radius 1 is 1.03 bits per heavy atom. The SMILES string of the molecule is CC(C)[C@@H](C)C(O)C1C[C@]23CC[C@@]4(O)C(=C2CC[C@@H]3[C@@H]1C)C=CC1(O)CC(O)CC[C@@]14C. The second kappa shape index (κ2) is 7.16. The lowest BCUT2D eigenvalue weighted by molar-refractivity contribution is -0.198. The average Bonchev–Trinajstić information content (AvgIpc) is 3.23. The van der Waals surface area contributed by atoms with Crippen molar-refractivity contribution in [1.29, 1.82) is 0 Å². The van der Waals surface area contributed by atoms with Crippen molar-refractivity contribution in [2.75, 3.05) is 0 Å². The van der Waals surface area contributed by atoms with Crippen molar-refractivity contribution >= 4 is 0 Å². The first-order valence-electron chi connectivity index (χ1n) is 13.1. The molecule has 0 aromatic rings. The molecule has 1 spiro atoms. The van der Waals surface area contributed by atoms with Crippen LogP contribution in [0.25, 0.3) is 0 Å². The van der Waals surface area contributed by atoms with E-state index in [1.807, 2.05) is 19.1 Å². The molecule has 0 amide bonds. The van der Waals surface area contributed by atoms with Crippen LogP contribution in [-0.4, -0.2) is 43.8 Å². The van der Waals surface area contributed by atoms with Gasteiger partial charge in [0.2, 0.25) is 0 Å². The molecular formula is C28H44O4. The summed E-state index contributed by atoms with van der Waals surface area (Å²) in [6.07, 6.45) is 9.48. The van der Waals surface area contributed by atoms with E-state index >= 15 is 0 Å². The Hall–Kier alpha value is -0.680. The van der Waals surface area contributed by atoms with Crippen molar-refractivity contribution in [1.82, 2.24) is 0 Å². The first kappa shape index (κ1) is 23.1. The lowest BCUT2D eigenvalue weighted by Crippen LogP contribution is -2.66. The summed E-state index contributed by atoms with van der Waals surface area (Å²) in [4.78, 5) is 0. The molecule has 0 heterocycles. The second-order valence-corrected chi connectivity index (χ2v) is 12.9. The molecule has 0 aromatic carbocycles. The molecule has 4 heteroatoms. The number of hydrogen-bond donors (Lipinski definition) is 4. The predicted octanol–water partition coefficient (Wildman–Crippen LogP) is 4.37. The van der Waals surface area contributed by atoms with Crippen molar-refractivity contribution < 1.29 is 20.4 Å². The molecule has 5 aliphatic carbocycles. The van der Waals surface area contributed by atoms with E-state index < -0.39 is 22.7 Å². The molecule has 0 bridgehead atoms. The summed E-state index contributed by atoms with van der Waals surface area (Å²) in [6.45, 7) is 11.0. The standard InChI is InChI=1S/C28H44O4/c1-16(2)17(3)24(30)20-15-26-12-13-28(32)23(22(26)7-6-21(26)18(20)4)9-11-27(31)14-19(29)8-10-25(27,28)5/h9,11,16-21,24,29-32H,6-8,10,12-15H2,1-5H3/t17-,18-,19?,20?,21-,24?,25+,26+,27?,28-/m1/s1. The maximum absolute atomic E-state index is 12.3. The smallest absolute Gasteiger partial charge is 0.0980 e. The van der Waals surface area contributed by atoms with Gasteiger partial charge in [0.05, 0.1) is 23.4 Å². The van der Waals surface area contributed by atoms with Crippen LogP contribution < -0.4 is 0 Å². The molecule has 0 radical (unpaired) electrons. The Morgan fingerprint density at radius 3 is 2.44 bits per heavy atom. The lowest BCUT2D eigenvalue weighted by Gasteiger charge is -2.62. The molecule has 0 aromatic heterocycles. The Labute approximate surface area is 193 Å². The fourth-order valence-electron chi connectivity index (χ4n) is 9.05. The first-order valence-corrected chi connectivity index (χ1v) is 13.1. The number of fused-ring (bicyclic) bond motifs is 3. The van der Waals surface area contributed by atoms with Gasteiger partial charge in [-0.2, -0.15) is 0 Å². The Balaban J connectivity index is 1.57. The fourth-order valence-corrected chi connectivity index (χ4v) is 9.05. The van der Waals surface area contributed by atoms with Crippen molar-refractivity contribution in [3.8, 4) is 0 Å². The molecule has 4 N–H and O–H groups in total. The summed E-state index contributed by atoms with van der Waals surface area (Å²) >= 11 is 0. The van der Waals surface area contributed by atoms with Gasteiger partial charge >= 0.3 is 0 Å². The van der Waals surface area contributed by atoms with Gasteiger partial charge in [0.15, 0.2) is 0 Å². The van der Waals surface area contributed by atoms with Crippen LogP contribution in [0.4, 0.5) is 0 Å². The molecule has 10 atom stereocenters. The van der Waals surface area contributed by atoms with Gasteiger partial charge in [-0.3, -0.25) is 0 Å². The van der Waals surface area contributed by atoms with E-state index in [-0.39, 0.29) is 17.4 Å². The lowest BCUT2D eigenvalue weighted by atomic mass is 9.47. The molecular weight excluding hydrogens is 400 g/mol. The van der Waals surface area contributed by atoms with Crippen LogP contribution in [0.2, 0.25) is 0 Å². The molecule has 3 fully saturated rings. The molecule has 4 unspecified atom stereocenters. The molecule has 4 nitrogen and oxygen atoms in total. The maximum atomic E-state index is 12.3. The zero-order valence-electron chi connectivity index (χ0n) is 20.6. The quantitative estimate of drug-likeness (QED) is 0.521. The predicted molar refractivity (Wildman–Crippen MR) is 126 cm³/mol. The van der Waals surface area contributed by atoms with E-state index in [1.54, 1.807) is 0 Å². The van der Waals surface area contributed by atoms with Gasteiger partial charge < -0.3 is 20.4 Å². The van der Waals surface area contributed by atoms with Crippen LogP contribution in [0.1, 0.15) is 86.0 Å². The first-order chi connectivity index (χ1) is 14.9. The minimum Gasteiger partial charge on any atom is -0.393 e. The van der Waals surface area contributed by atoms with Gasteiger partial charge in [0.25, 0.3) is 0 Å². The van der Waals surface area contributed by atoms with Crippen molar-refractivity contribution in [3.05, 3.63) is 23.3 Å². The van der Waals surface area contributed by atoms with E-state index in [9.17, 15) is 20.4 Å². The summed E-state index contributed by atoms with van der Waals surface area (Å²) in [6, 6.07) is 0. The highest BCUT2D eigenvalue weighted by Crippen LogP contribution is 2.71. The third kappa shape index (κ3) is 2.70. The topological polar surface area (TPSA) is 80.9 Å². The number of hydrogen-bond acceptors (Lipinski definition) is 4. The van der Waals surface area contributed by atoms with E-state index in [2.05, 4.69) is 27.7 Å². The minimum absolute atomic E-state index is 0.0909. The highest BCUT2D eigenvalue weighted by atomic mass is 16.3. The van der Waals surface area contributed by atoms with Crippen LogP contribution in [-0.2, 0) is 0 Å². The molecule has 5 rings (SSSR count). The summed E-state index contributed by atoms with van der Waals surface area (Å²) in [5.41, 5.74) is -0.314. The summed E-state index contributed by atoms with van der Waals surface area (Å²) < 4.78 is 0. The fraction of sp³-hybridized carbons (Fsp3) is 0.857. The van der Waals surface area contributed by atoms with Crippen LogP contribution >= 0.6 is 0 Å². The summed E-state index contributed by atoms with van der Waals surface area (Å²) in [7, 11) is 0. The van der Waals surface area contributed by atoms with E-state index in [0.29, 0.717) is 49.4 Å². The van der Waals surface area contributed by atoms with Gasteiger partial charge in [0.1, 0.15) is 0 Å². The third-order valence-electron chi connectivity index (χ3n) is 11.6. The normalized spacial score (nSPS) is 51.8.